The third-order valence-corrected chi connectivity index (χ3v) is 6.56. The van der Waals surface area contributed by atoms with E-state index in [9.17, 15) is 8.42 Å². The Balaban J connectivity index is 2.71. The molecule has 1 saturated heterocycles. The van der Waals surface area contributed by atoms with Gasteiger partial charge >= 0.3 is 0 Å². The summed E-state index contributed by atoms with van der Waals surface area (Å²) < 4.78 is 23.5. The fourth-order valence-electron chi connectivity index (χ4n) is 2.89. The minimum atomic E-state index is -3.03. The van der Waals surface area contributed by atoms with E-state index in [0.717, 1.165) is 19.0 Å². The quantitative estimate of drug-likeness (QED) is 0.605. The Kier molecular flexibility index (Phi) is 5.89. The molecule has 0 unspecified atom stereocenters. The fourth-order valence-corrected chi connectivity index (χ4v) is 4.25. The van der Waals surface area contributed by atoms with Gasteiger partial charge in [0.1, 0.15) is 0 Å². The molecule has 0 saturated carbocycles. The standard InChI is InChI=1S/C15H32N4O2S/c1-14(2,11-18(6)7)10-17-13(16-5)19-8-9-22(20,21)15(3,4)12-19/h8-12H2,1-7H3,(H,16,17). The van der Waals surface area contributed by atoms with Crippen molar-refractivity contribution in [2.24, 2.45) is 10.4 Å². The van der Waals surface area contributed by atoms with Crippen LogP contribution in [0.25, 0.3) is 0 Å². The molecule has 0 aromatic carbocycles. The molecule has 0 bridgehead atoms. The van der Waals surface area contributed by atoms with Gasteiger partial charge in [0.25, 0.3) is 0 Å². The van der Waals surface area contributed by atoms with Crippen LogP contribution in [-0.4, -0.2) is 82.0 Å². The van der Waals surface area contributed by atoms with Crippen molar-refractivity contribution < 1.29 is 8.42 Å². The predicted molar refractivity (Wildman–Crippen MR) is 93.1 cm³/mol. The highest BCUT2D eigenvalue weighted by Crippen LogP contribution is 2.24. The maximum atomic E-state index is 12.1. The van der Waals surface area contributed by atoms with Crippen LogP contribution in [0.4, 0.5) is 0 Å². The first kappa shape index (κ1) is 19.2. The molecule has 0 amide bonds. The number of aliphatic imine (C=N–C) groups is 1. The van der Waals surface area contributed by atoms with Crippen molar-refractivity contribution in [3.05, 3.63) is 0 Å². The van der Waals surface area contributed by atoms with Crippen molar-refractivity contribution in [3.8, 4) is 0 Å². The highest BCUT2D eigenvalue weighted by molar-refractivity contribution is 7.92. The summed E-state index contributed by atoms with van der Waals surface area (Å²) in [5, 5.41) is 3.40. The monoisotopic (exact) mass is 332 g/mol. The second-order valence-corrected chi connectivity index (χ2v) is 10.5. The molecular formula is C15H32N4O2S. The highest BCUT2D eigenvalue weighted by Gasteiger charge is 2.41. The lowest BCUT2D eigenvalue weighted by Crippen LogP contribution is -2.58. The summed E-state index contributed by atoms with van der Waals surface area (Å²) in [6.45, 7) is 10.7. The largest absolute Gasteiger partial charge is 0.356 e. The maximum absolute atomic E-state index is 12.1. The summed E-state index contributed by atoms with van der Waals surface area (Å²) in [5.74, 6) is 0.969. The Labute approximate surface area is 135 Å². The van der Waals surface area contributed by atoms with Gasteiger partial charge in [-0.3, -0.25) is 4.99 Å². The smallest absolute Gasteiger partial charge is 0.193 e. The normalized spacial score (nSPS) is 22.0. The highest BCUT2D eigenvalue weighted by atomic mass is 32.2. The Morgan fingerprint density at radius 2 is 1.95 bits per heavy atom. The van der Waals surface area contributed by atoms with E-state index in [1.165, 1.54) is 0 Å². The van der Waals surface area contributed by atoms with E-state index < -0.39 is 14.6 Å². The average Bonchev–Trinajstić information content (AvgIpc) is 2.32. The molecule has 22 heavy (non-hydrogen) atoms. The summed E-state index contributed by atoms with van der Waals surface area (Å²) in [4.78, 5) is 8.55. The van der Waals surface area contributed by atoms with Crippen LogP contribution in [0.3, 0.4) is 0 Å². The zero-order valence-corrected chi connectivity index (χ0v) is 15.9. The molecule has 0 aromatic rings. The maximum Gasteiger partial charge on any atom is 0.193 e. The number of hydrogen-bond acceptors (Lipinski definition) is 4. The second-order valence-electron chi connectivity index (χ2n) is 7.80. The summed E-state index contributed by atoms with van der Waals surface area (Å²) in [6.07, 6.45) is 0. The van der Waals surface area contributed by atoms with Crippen LogP contribution in [0.1, 0.15) is 27.7 Å². The molecule has 1 aliphatic rings. The van der Waals surface area contributed by atoms with E-state index in [1.807, 2.05) is 4.90 Å². The number of nitrogens with zero attached hydrogens (tertiary/aromatic N) is 3. The van der Waals surface area contributed by atoms with Crippen LogP contribution in [0, 0.1) is 5.41 Å². The van der Waals surface area contributed by atoms with Crippen molar-refractivity contribution in [3.63, 3.8) is 0 Å². The molecule has 130 valence electrons. The van der Waals surface area contributed by atoms with Gasteiger partial charge in [-0.1, -0.05) is 13.8 Å². The van der Waals surface area contributed by atoms with E-state index in [2.05, 4.69) is 43.2 Å². The Bertz CT molecular complexity index is 510. The van der Waals surface area contributed by atoms with Crippen LogP contribution in [0.5, 0.6) is 0 Å². The fraction of sp³-hybridized carbons (Fsp3) is 0.933. The first-order valence-corrected chi connectivity index (χ1v) is 9.38. The zero-order valence-electron chi connectivity index (χ0n) is 15.1. The van der Waals surface area contributed by atoms with E-state index in [1.54, 1.807) is 20.9 Å². The molecule has 1 fully saturated rings. The predicted octanol–water partition coefficient (Wildman–Crippen LogP) is 0.659. The van der Waals surface area contributed by atoms with Gasteiger partial charge in [0, 0.05) is 33.2 Å². The number of sulfone groups is 1. The molecule has 0 aromatic heterocycles. The van der Waals surface area contributed by atoms with Crippen LogP contribution in [0.15, 0.2) is 4.99 Å². The first-order chi connectivity index (χ1) is 9.90. The lowest BCUT2D eigenvalue weighted by atomic mass is 9.93. The lowest BCUT2D eigenvalue weighted by Gasteiger charge is -2.40. The van der Waals surface area contributed by atoms with Crippen LogP contribution >= 0.6 is 0 Å². The van der Waals surface area contributed by atoms with E-state index in [-0.39, 0.29) is 11.2 Å². The molecule has 6 nitrogen and oxygen atoms in total. The summed E-state index contributed by atoms with van der Waals surface area (Å²) >= 11 is 0. The van der Waals surface area contributed by atoms with Crippen molar-refractivity contribution in [2.75, 3.05) is 53.1 Å². The molecule has 0 aliphatic carbocycles. The molecule has 0 atom stereocenters. The molecule has 7 heteroatoms. The van der Waals surface area contributed by atoms with E-state index in [4.69, 9.17) is 0 Å². The molecule has 0 spiro atoms. The van der Waals surface area contributed by atoms with Crippen molar-refractivity contribution >= 4 is 15.8 Å². The number of nitrogens with one attached hydrogen (secondary N) is 1. The van der Waals surface area contributed by atoms with Crippen LogP contribution in [0.2, 0.25) is 0 Å². The number of rotatable bonds is 4. The molecule has 1 heterocycles. The minimum Gasteiger partial charge on any atom is -0.356 e. The van der Waals surface area contributed by atoms with Gasteiger partial charge in [0.15, 0.2) is 15.8 Å². The summed E-state index contributed by atoms with van der Waals surface area (Å²) in [6, 6.07) is 0. The van der Waals surface area contributed by atoms with Gasteiger partial charge in [-0.05, 0) is 33.4 Å². The first-order valence-electron chi connectivity index (χ1n) is 7.73. The third-order valence-electron chi connectivity index (χ3n) is 4.02. The molecule has 0 radical (unpaired) electrons. The van der Waals surface area contributed by atoms with Gasteiger partial charge < -0.3 is 15.1 Å². The Morgan fingerprint density at radius 3 is 2.41 bits per heavy atom. The van der Waals surface area contributed by atoms with Gasteiger partial charge in [0.05, 0.1) is 10.5 Å². The van der Waals surface area contributed by atoms with Crippen molar-refractivity contribution in [1.29, 1.82) is 0 Å². The Hall–Kier alpha value is -0.820. The second kappa shape index (κ2) is 6.74. The van der Waals surface area contributed by atoms with Gasteiger partial charge in [-0.15, -0.1) is 0 Å². The summed E-state index contributed by atoms with van der Waals surface area (Å²) in [7, 11) is 2.85. The minimum absolute atomic E-state index is 0.108. The average molecular weight is 333 g/mol. The summed E-state index contributed by atoms with van der Waals surface area (Å²) in [5.41, 5.74) is 0.108. The SMILES string of the molecule is CN=C(NCC(C)(C)CN(C)C)N1CCS(=O)(=O)C(C)(C)C1. The van der Waals surface area contributed by atoms with Crippen LogP contribution < -0.4 is 5.32 Å². The molecule has 1 rings (SSSR count). The van der Waals surface area contributed by atoms with Gasteiger partial charge in [0.2, 0.25) is 0 Å². The zero-order chi connectivity index (χ0) is 17.2. The Morgan fingerprint density at radius 1 is 1.36 bits per heavy atom. The molecular weight excluding hydrogens is 300 g/mol. The van der Waals surface area contributed by atoms with Crippen LogP contribution in [-0.2, 0) is 9.84 Å². The van der Waals surface area contributed by atoms with Crippen molar-refractivity contribution in [2.45, 2.75) is 32.4 Å². The van der Waals surface area contributed by atoms with E-state index in [0.29, 0.717) is 13.1 Å². The topological polar surface area (TPSA) is 65.0 Å². The number of guanidine groups is 1. The van der Waals surface area contributed by atoms with E-state index >= 15 is 0 Å². The van der Waals surface area contributed by atoms with Gasteiger partial charge in [-0.25, -0.2) is 8.42 Å². The molecule has 1 aliphatic heterocycles. The number of hydrogen-bond donors (Lipinski definition) is 1. The van der Waals surface area contributed by atoms with Crippen molar-refractivity contribution in [1.82, 2.24) is 15.1 Å². The molecule has 1 N–H and O–H groups in total. The van der Waals surface area contributed by atoms with Gasteiger partial charge in [-0.2, -0.15) is 0 Å². The third kappa shape index (κ3) is 4.84. The lowest BCUT2D eigenvalue weighted by molar-refractivity contribution is 0.237.